The van der Waals surface area contributed by atoms with Gasteiger partial charge in [-0.1, -0.05) is 54.6 Å². The summed E-state index contributed by atoms with van der Waals surface area (Å²) in [6, 6.07) is 15.8. The molecule has 1 heterocycles. The van der Waals surface area contributed by atoms with Crippen LogP contribution in [0.1, 0.15) is 36.1 Å². The van der Waals surface area contributed by atoms with Crippen LogP contribution in [-0.2, 0) is 27.3 Å². The van der Waals surface area contributed by atoms with E-state index in [1.54, 1.807) is 18.9 Å². The van der Waals surface area contributed by atoms with Crippen molar-refractivity contribution in [3.63, 3.8) is 0 Å². The molecule has 0 aliphatic carbocycles. The van der Waals surface area contributed by atoms with Crippen molar-refractivity contribution in [3.8, 4) is 0 Å². The summed E-state index contributed by atoms with van der Waals surface area (Å²) in [6.45, 7) is 2.14. The van der Waals surface area contributed by atoms with Crippen LogP contribution >= 0.6 is 0 Å². The van der Waals surface area contributed by atoms with Gasteiger partial charge in [0.15, 0.2) is 0 Å². The van der Waals surface area contributed by atoms with Crippen molar-refractivity contribution in [2.75, 3.05) is 7.05 Å². The number of nitrogens with one attached hydrogen (secondary N) is 2. The number of carbonyl (C=O) groups excluding carboxylic acids is 3. The Balaban J connectivity index is 1.58. The van der Waals surface area contributed by atoms with Crippen LogP contribution in [0.3, 0.4) is 0 Å². The van der Waals surface area contributed by atoms with Crippen molar-refractivity contribution < 1.29 is 14.4 Å². The van der Waals surface area contributed by atoms with E-state index < -0.39 is 12.1 Å². The molecule has 3 rings (SSSR count). The summed E-state index contributed by atoms with van der Waals surface area (Å²) in [4.78, 5) is 38.9. The Kier molecular flexibility index (Phi) is 6.09. The average Bonchev–Trinajstić information content (AvgIpc) is 2.70. The molecule has 1 aliphatic heterocycles. The van der Waals surface area contributed by atoms with Crippen molar-refractivity contribution in [1.82, 2.24) is 15.5 Å². The van der Waals surface area contributed by atoms with Gasteiger partial charge in [-0.3, -0.25) is 14.4 Å². The first-order valence-corrected chi connectivity index (χ1v) is 9.42. The van der Waals surface area contributed by atoms with Crippen LogP contribution in [0, 0.1) is 0 Å². The SMILES string of the molecule is C[C@@H](NC(=O)CCc1ccccc1)C(=O)NC1C(=O)N(C)Cc2ccccc21. The number of rotatable bonds is 6. The van der Waals surface area contributed by atoms with Crippen molar-refractivity contribution in [3.05, 3.63) is 71.3 Å². The zero-order chi connectivity index (χ0) is 20.1. The number of benzene rings is 2. The molecule has 0 saturated heterocycles. The highest BCUT2D eigenvalue weighted by atomic mass is 16.2. The Bertz CT molecular complexity index is 866. The topological polar surface area (TPSA) is 78.5 Å². The number of amides is 3. The van der Waals surface area contributed by atoms with Crippen molar-refractivity contribution in [1.29, 1.82) is 0 Å². The van der Waals surface area contributed by atoms with Crippen LogP contribution in [0.5, 0.6) is 0 Å². The maximum Gasteiger partial charge on any atom is 0.249 e. The number of aryl methyl sites for hydroxylation is 1. The summed E-state index contributed by atoms with van der Waals surface area (Å²) < 4.78 is 0. The van der Waals surface area contributed by atoms with Gasteiger partial charge < -0.3 is 15.5 Å². The van der Waals surface area contributed by atoms with Crippen LogP contribution in [0.15, 0.2) is 54.6 Å². The highest BCUT2D eigenvalue weighted by Crippen LogP contribution is 2.26. The Morgan fingerprint density at radius 1 is 1.11 bits per heavy atom. The van der Waals surface area contributed by atoms with E-state index in [2.05, 4.69) is 10.6 Å². The van der Waals surface area contributed by atoms with E-state index in [4.69, 9.17) is 0 Å². The summed E-state index contributed by atoms with van der Waals surface area (Å²) in [5.74, 6) is -0.731. The largest absolute Gasteiger partial charge is 0.345 e. The molecule has 0 radical (unpaired) electrons. The fourth-order valence-electron chi connectivity index (χ4n) is 3.34. The minimum Gasteiger partial charge on any atom is -0.345 e. The Labute approximate surface area is 164 Å². The van der Waals surface area contributed by atoms with Gasteiger partial charge in [0, 0.05) is 20.0 Å². The summed E-state index contributed by atoms with van der Waals surface area (Å²) in [6.07, 6.45) is 0.913. The maximum atomic E-state index is 12.6. The van der Waals surface area contributed by atoms with E-state index in [9.17, 15) is 14.4 Å². The van der Waals surface area contributed by atoms with Gasteiger partial charge >= 0.3 is 0 Å². The zero-order valence-corrected chi connectivity index (χ0v) is 16.1. The van der Waals surface area contributed by atoms with E-state index in [1.165, 1.54) is 0 Å². The number of hydrogen-bond donors (Lipinski definition) is 2. The van der Waals surface area contributed by atoms with E-state index in [0.29, 0.717) is 19.4 Å². The maximum absolute atomic E-state index is 12.6. The lowest BCUT2D eigenvalue weighted by Crippen LogP contribution is -2.50. The Hall–Kier alpha value is -3.15. The van der Waals surface area contributed by atoms with E-state index in [1.807, 2.05) is 54.6 Å². The third-order valence-electron chi connectivity index (χ3n) is 4.94. The lowest BCUT2D eigenvalue weighted by Gasteiger charge is -2.32. The van der Waals surface area contributed by atoms with E-state index in [-0.39, 0.29) is 17.7 Å². The first-order chi connectivity index (χ1) is 13.5. The summed E-state index contributed by atoms with van der Waals surface area (Å²) >= 11 is 0. The molecule has 1 unspecified atom stereocenters. The van der Waals surface area contributed by atoms with Gasteiger partial charge in [-0.15, -0.1) is 0 Å². The highest BCUT2D eigenvalue weighted by molar-refractivity contribution is 5.93. The van der Waals surface area contributed by atoms with Crippen LogP contribution < -0.4 is 10.6 Å². The molecule has 0 bridgehead atoms. The number of likely N-dealkylation sites (N-methyl/N-ethyl adjacent to an activating group) is 1. The second kappa shape index (κ2) is 8.69. The minimum absolute atomic E-state index is 0.158. The molecule has 0 spiro atoms. The molecule has 0 saturated carbocycles. The third-order valence-corrected chi connectivity index (χ3v) is 4.94. The standard InChI is InChI=1S/C22H25N3O3/c1-15(23-19(26)13-12-16-8-4-3-5-9-16)21(27)24-20-18-11-7-6-10-17(18)14-25(2)22(20)28/h3-11,15,20H,12-14H2,1-2H3,(H,23,26)(H,24,27)/t15-,20?/m1/s1. The first-order valence-electron chi connectivity index (χ1n) is 9.42. The second-order valence-electron chi connectivity index (χ2n) is 7.11. The molecule has 6 nitrogen and oxygen atoms in total. The molecule has 2 aromatic rings. The number of nitrogens with zero attached hydrogens (tertiary/aromatic N) is 1. The van der Waals surface area contributed by atoms with Crippen molar-refractivity contribution in [2.45, 2.75) is 38.4 Å². The summed E-state index contributed by atoms with van der Waals surface area (Å²) in [7, 11) is 1.71. The highest BCUT2D eigenvalue weighted by Gasteiger charge is 2.33. The lowest BCUT2D eigenvalue weighted by molar-refractivity contribution is -0.137. The normalized spacial score (nSPS) is 16.9. The molecule has 1 aliphatic rings. The molecule has 28 heavy (non-hydrogen) atoms. The van der Waals surface area contributed by atoms with Crippen LogP contribution in [0.2, 0.25) is 0 Å². The molecule has 2 atom stereocenters. The van der Waals surface area contributed by atoms with Gasteiger partial charge in [-0.05, 0) is 30.0 Å². The fourth-order valence-corrected chi connectivity index (χ4v) is 3.34. The average molecular weight is 379 g/mol. The van der Waals surface area contributed by atoms with Crippen LogP contribution in [0.4, 0.5) is 0 Å². The Morgan fingerprint density at radius 2 is 1.79 bits per heavy atom. The summed E-state index contributed by atoms with van der Waals surface area (Å²) in [5, 5.41) is 5.50. The Morgan fingerprint density at radius 3 is 2.54 bits per heavy atom. The molecule has 0 fully saturated rings. The molecular weight excluding hydrogens is 354 g/mol. The quantitative estimate of drug-likeness (QED) is 0.805. The number of hydrogen-bond acceptors (Lipinski definition) is 3. The third kappa shape index (κ3) is 4.57. The van der Waals surface area contributed by atoms with Crippen LogP contribution in [-0.4, -0.2) is 35.7 Å². The fraction of sp³-hybridized carbons (Fsp3) is 0.318. The smallest absolute Gasteiger partial charge is 0.249 e. The van der Waals surface area contributed by atoms with Gasteiger partial charge in [0.05, 0.1) is 0 Å². The predicted octanol–water partition coefficient (Wildman–Crippen LogP) is 1.95. The molecule has 6 heteroatoms. The number of fused-ring (bicyclic) bond motifs is 1. The monoisotopic (exact) mass is 379 g/mol. The van der Waals surface area contributed by atoms with Gasteiger partial charge in [-0.25, -0.2) is 0 Å². The lowest BCUT2D eigenvalue weighted by atomic mass is 9.95. The van der Waals surface area contributed by atoms with Gasteiger partial charge in [0.25, 0.3) is 0 Å². The minimum atomic E-state index is -0.730. The van der Waals surface area contributed by atoms with Gasteiger partial charge in [0.1, 0.15) is 12.1 Å². The molecule has 0 aromatic heterocycles. The molecule has 3 amide bonds. The zero-order valence-electron chi connectivity index (χ0n) is 16.1. The number of carbonyl (C=O) groups is 3. The first kappa shape index (κ1) is 19.6. The molecular formula is C22H25N3O3. The van der Waals surface area contributed by atoms with Gasteiger partial charge in [0.2, 0.25) is 17.7 Å². The van der Waals surface area contributed by atoms with Crippen molar-refractivity contribution >= 4 is 17.7 Å². The van der Waals surface area contributed by atoms with Crippen LogP contribution in [0.25, 0.3) is 0 Å². The second-order valence-corrected chi connectivity index (χ2v) is 7.11. The molecule has 2 N–H and O–H groups in total. The molecule has 2 aromatic carbocycles. The van der Waals surface area contributed by atoms with Crippen molar-refractivity contribution in [2.24, 2.45) is 0 Å². The van der Waals surface area contributed by atoms with E-state index in [0.717, 1.165) is 16.7 Å². The molecule has 146 valence electrons. The predicted molar refractivity (Wildman–Crippen MR) is 106 cm³/mol. The van der Waals surface area contributed by atoms with Gasteiger partial charge in [-0.2, -0.15) is 0 Å². The van der Waals surface area contributed by atoms with E-state index >= 15 is 0 Å². The summed E-state index contributed by atoms with van der Waals surface area (Å²) in [5.41, 5.74) is 2.89.